The van der Waals surface area contributed by atoms with E-state index < -0.39 is 22.2 Å². The Labute approximate surface area is 134 Å². The van der Waals surface area contributed by atoms with Gasteiger partial charge in [-0.15, -0.1) is 11.3 Å². The SMILES string of the molecule is CC(C)(C(=O)Nc1ccc(C(F)(F)F)c(Cl)c1)c1cccs1. The van der Waals surface area contributed by atoms with Crippen LogP contribution in [-0.4, -0.2) is 5.91 Å². The molecule has 2 aromatic rings. The van der Waals surface area contributed by atoms with Crippen LogP contribution in [0.1, 0.15) is 24.3 Å². The molecule has 1 aromatic heterocycles. The van der Waals surface area contributed by atoms with Crippen LogP contribution in [0, 0.1) is 0 Å². The van der Waals surface area contributed by atoms with Crippen molar-refractivity contribution in [1.82, 2.24) is 0 Å². The summed E-state index contributed by atoms with van der Waals surface area (Å²) in [6, 6.07) is 6.83. The fraction of sp³-hybridized carbons (Fsp3) is 0.267. The number of anilines is 1. The molecular weight excluding hydrogens is 335 g/mol. The molecule has 0 aliphatic heterocycles. The van der Waals surface area contributed by atoms with Crippen LogP contribution in [0.4, 0.5) is 18.9 Å². The van der Waals surface area contributed by atoms with E-state index in [-0.39, 0.29) is 11.6 Å². The molecule has 2 rings (SSSR count). The number of alkyl halides is 3. The fourth-order valence-corrected chi connectivity index (χ4v) is 2.99. The third-order valence-electron chi connectivity index (χ3n) is 3.24. The lowest BCUT2D eigenvalue weighted by Gasteiger charge is -2.22. The molecule has 0 fully saturated rings. The number of carbonyl (C=O) groups excluding carboxylic acids is 1. The van der Waals surface area contributed by atoms with Crippen molar-refractivity contribution in [3.63, 3.8) is 0 Å². The third kappa shape index (κ3) is 3.44. The Kier molecular flexibility index (Phi) is 4.54. The van der Waals surface area contributed by atoms with E-state index in [1.165, 1.54) is 17.4 Å². The van der Waals surface area contributed by atoms with Gasteiger partial charge in [-0.25, -0.2) is 0 Å². The second-order valence-electron chi connectivity index (χ2n) is 5.25. The quantitative estimate of drug-likeness (QED) is 0.798. The molecule has 2 nitrogen and oxygen atoms in total. The summed E-state index contributed by atoms with van der Waals surface area (Å²) >= 11 is 7.08. The largest absolute Gasteiger partial charge is 0.417 e. The standard InChI is InChI=1S/C15H13ClF3NOS/c1-14(2,12-4-3-7-22-12)13(21)20-9-5-6-10(11(16)8-9)15(17,18)19/h3-8H,1-2H3,(H,20,21). The van der Waals surface area contributed by atoms with Gasteiger partial charge in [0, 0.05) is 10.6 Å². The van der Waals surface area contributed by atoms with Crippen molar-refractivity contribution in [2.45, 2.75) is 25.4 Å². The van der Waals surface area contributed by atoms with Crippen LogP contribution in [-0.2, 0) is 16.4 Å². The average Bonchev–Trinajstić information content (AvgIpc) is 2.91. The van der Waals surface area contributed by atoms with Crippen LogP contribution in [0.15, 0.2) is 35.7 Å². The minimum atomic E-state index is -4.52. The highest BCUT2D eigenvalue weighted by Crippen LogP contribution is 2.36. The molecule has 0 saturated heterocycles. The summed E-state index contributed by atoms with van der Waals surface area (Å²) in [6.07, 6.45) is -4.52. The van der Waals surface area contributed by atoms with Gasteiger partial charge >= 0.3 is 6.18 Å². The first-order valence-corrected chi connectivity index (χ1v) is 7.60. The molecule has 1 aromatic carbocycles. The van der Waals surface area contributed by atoms with Crippen LogP contribution < -0.4 is 5.32 Å². The number of amides is 1. The van der Waals surface area contributed by atoms with Crippen LogP contribution >= 0.6 is 22.9 Å². The molecule has 0 atom stereocenters. The van der Waals surface area contributed by atoms with E-state index in [2.05, 4.69) is 5.32 Å². The Balaban J connectivity index is 2.21. The molecule has 118 valence electrons. The zero-order valence-corrected chi connectivity index (χ0v) is 13.4. The number of hydrogen-bond acceptors (Lipinski definition) is 2. The number of hydrogen-bond donors (Lipinski definition) is 1. The first-order valence-electron chi connectivity index (χ1n) is 6.34. The lowest BCUT2D eigenvalue weighted by atomic mass is 9.90. The Morgan fingerprint density at radius 2 is 1.91 bits per heavy atom. The van der Waals surface area contributed by atoms with Gasteiger partial charge in [0.2, 0.25) is 5.91 Å². The lowest BCUT2D eigenvalue weighted by Crippen LogP contribution is -2.34. The second kappa shape index (κ2) is 5.93. The number of rotatable bonds is 3. The van der Waals surface area contributed by atoms with Crippen molar-refractivity contribution < 1.29 is 18.0 Å². The minimum Gasteiger partial charge on any atom is -0.325 e. The first kappa shape index (κ1) is 16.8. The number of carbonyl (C=O) groups is 1. The van der Waals surface area contributed by atoms with E-state index in [1.807, 2.05) is 17.5 Å². The summed E-state index contributed by atoms with van der Waals surface area (Å²) in [4.78, 5) is 13.2. The summed E-state index contributed by atoms with van der Waals surface area (Å²) in [5.74, 6) is -0.314. The highest BCUT2D eigenvalue weighted by atomic mass is 35.5. The maximum atomic E-state index is 12.6. The van der Waals surface area contributed by atoms with Crippen LogP contribution in [0.25, 0.3) is 0 Å². The van der Waals surface area contributed by atoms with Crippen molar-refractivity contribution in [1.29, 1.82) is 0 Å². The number of benzene rings is 1. The molecule has 1 amide bonds. The van der Waals surface area contributed by atoms with E-state index in [1.54, 1.807) is 13.8 Å². The number of halogens is 4. The van der Waals surface area contributed by atoms with Crippen molar-refractivity contribution in [2.75, 3.05) is 5.32 Å². The van der Waals surface area contributed by atoms with Gasteiger partial charge in [-0.3, -0.25) is 4.79 Å². The van der Waals surface area contributed by atoms with E-state index in [0.29, 0.717) is 0 Å². The van der Waals surface area contributed by atoms with Gasteiger partial charge in [0.05, 0.1) is 16.0 Å². The zero-order chi connectivity index (χ0) is 16.5. The minimum absolute atomic E-state index is 0.229. The van der Waals surface area contributed by atoms with Gasteiger partial charge in [-0.05, 0) is 43.5 Å². The highest BCUT2D eigenvalue weighted by Gasteiger charge is 2.34. The van der Waals surface area contributed by atoms with Crippen molar-refractivity contribution in [2.24, 2.45) is 0 Å². The molecule has 22 heavy (non-hydrogen) atoms. The van der Waals surface area contributed by atoms with Gasteiger partial charge < -0.3 is 5.32 Å². The van der Waals surface area contributed by atoms with E-state index >= 15 is 0 Å². The maximum Gasteiger partial charge on any atom is 0.417 e. The molecule has 7 heteroatoms. The Morgan fingerprint density at radius 3 is 2.41 bits per heavy atom. The first-order chi connectivity index (χ1) is 10.1. The highest BCUT2D eigenvalue weighted by molar-refractivity contribution is 7.10. The van der Waals surface area contributed by atoms with E-state index in [4.69, 9.17) is 11.6 Å². The van der Waals surface area contributed by atoms with Crippen LogP contribution in [0.2, 0.25) is 5.02 Å². The molecular formula is C15H13ClF3NOS. The predicted molar refractivity (Wildman–Crippen MR) is 82.4 cm³/mol. The van der Waals surface area contributed by atoms with E-state index in [9.17, 15) is 18.0 Å². The number of thiophene rings is 1. The molecule has 0 spiro atoms. The fourth-order valence-electron chi connectivity index (χ4n) is 1.86. The molecule has 1 heterocycles. The lowest BCUT2D eigenvalue weighted by molar-refractivity contribution is -0.137. The van der Waals surface area contributed by atoms with Gasteiger partial charge in [0.25, 0.3) is 0 Å². The monoisotopic (exact) mass is 347 g/mol. The molecule has 0 unspecified atom stereocenters. The normalized spacial score (nSPS) is 12.3. The zero-order valence-electron chi connectivity index (χ0n) is 11.8. The topological polar surface area (TPSA) is 29.1 Å². The van der Waals surface area contributed by atoms with Crippen LogP contribution in [0.5, 0.6) is 0 Å². The summed E-state index contributed by atoms with van der Waals surface area (Å²) in [6.45, 7) is 3.50. The molecule has 0 aliphatic rings. The van der Waals surface area contributed by atoms with Crippen LogP contribution in [0.3, 0.4) is 0 Å². The molecule has 1 N–H and O–H groups in total. The molecule has 0 aliphatic carbocycles. The predicted octanol–water partition coefficient (Wildman–Crippen LogP) is 5.34. The Hall–Kier alpha value is -1.53. The van der Waals surface area contributed by atoms with Gasteiger partial charge in [0.15, 0.2) is 0 Å². The van der Waals surface area contributed by atoms with Crippen molar-refractivity contribution in [3.05, 3.63) is 51.2 Å². The van der Waals surface area contributed by atoms with Crippen molar-refractivity contribution in [3.8, 4) is 0 Å². The number of nitrogens with one attached hydrogen (secondary N) is 1. The summed E-state index contributed by atoms with van der Waals surface area (Å²) in [5.41, 5.74) is -1.49. The summed E-state index contributed by atoms with van der Waals surface area (Å²) in [5, 5.41) is 4.02. The Bertz CT molecular complexity index is 681. The molecule has 0 saturated carbocycles. The van der Waals surface area contributed by atoms with Crippen molar-refractivity contribution >= 4 is 34.5 Å². The van der Waals surface area contributed by atoms with Gasteiger partial charge in [-0.2, -0.15) is 13.2 Å². The second-order valence-corrected chi connectivity index (χ2v) is 6.60. The molecule has 0 bridgehead atoms. The van der Waals surface area contributed by atoms with Gasteiger partial charge in [-0.1, -0.05) is 17.7 Å². The Morgan fingerprint density at radius 1 is 1.23 bits per heavy atom. The van der Waals surface area contributed by atoms with Gasteiger partial charge in [0.1, 0.15) is 0 Å². The van der Waals surface area contributed by atoms with E-state index in [0.717, 1.165) is 17.0 Å². The average molecular weight is 348 g/mol. The molecule has 0 radical (unpaired) electrons. The summed E-state index contributed by atoms with van der Waals surface area (Å²) in [7, 11) is 0. The smallest absolute Gasteiger partial charge is 0.325 e. The maximum absolute atomic E-state index is 12.6. The third-order valence-corrected chi connectivity index (χ3v) is 4.74. The summed E-state index contributed by atoms with van der Waals surface area (Å²) < 4.78 is 37.9.